The van der Waals surface area contributed by atoms with Gasteiger partial charge in [-0.1, -0.05) is 42.5 Å². The van der Waals surface area contributed by atoms with Crippen LogP contribution in [0.15, 0.2) is 54.6 Å². The number of anilines is 1. The molecule has 3 N–H and O–H groups in total. The Bertz CT molecular complexity index is 1100. The van der Waals surface area contributed by atoms with Gasteiger partial charge in [0.15, 0.2) is 0 Å². The van der Waals surface area contributed by atoms with E-state index in [0.717, 1.165) is 22.4 Å². The second kappa shape index (κ2) is 7.99. The molecule has 6 heteroatoms. The summed E-state index contributed by atoms with van der Waals surface area (Å²) in [6.45, 7) is 2.77. The first-order valence-electron chi connectivity index (χ1n) is 9.79. The minimum Gasteiger partial charge on any atom is -0.507 e. The van der Waals surface area contributed by atoms with Gasteiger partial charge in [0.05, 0.1) is 0 Å². The standard InChI is InChI=1S/C24H24N2O4/c1-15-20(27)11-21(28)22(23(15)30-14-16-7-4-3-5-8-16)24(29)26-12-17-9-6-10-19(25-2)18(17)13-26/h3-11,25,27-28H,12-14H2,1-2H3. The smallest absolute Gasteiger partial charge is 0.262 e. The van der Waals surface area contributed by atoms with Gasteiger partial charge in [0.1, 0.15) is 29.4 Å². The number of nitrogens with zero attached hydrogens (tertiary/aromatic N) is 1. The molecule has 0 atom stereocenters. The Balaban J connectivity index is 1.66. The lowest BCUT2D eigenvalue weighted by molar-refractivity contribution is 0.0743. The van der Waals surface area contributed by atoms with Crippen LogP contribution in [0.3, 0.4) is 0 Å². The lowest BCUT2D eigenvalue weighted by atomic mass is 10.1. The third-order valence-corrected chi connectivity index (χ3v) is 5.46. The summed E-state index contributed by atoms with van der Waals surface area (Å²) in [6, 6.07) is 16.7. The number of carbonyl (C=O) groups is 1. The van der Waals surface area contributed by atoms with Gasteiger partial charge in [-0.15, -0.1) is 0 Å². The van der Waals surface area contributed by atoms with Gasteiger partial charge in [0.2, 0.25) is 0 Å². The maximum absolute atomic E-state index is 13.4. The van der Waals surface area contributed by atoms with Crippen molar-refractivity contribution in [2.75, 3.05) is 12.4 Å². The first-order valence-corrected chi connectivity index (χ1v) is 9.79. The minimum atomic E-state index is -0.336. The molecule has 0 unspecified atom stereocenters. The first kappa shape index (κ1) is 19.6. The van der Waals surface area contributed by atoms with Gasteiger partial charge in [0, 0.05) is 37.5 Å². The van der Waals surface area contributed by atoms with E-state index in [9.17, 15) is 15.0 Å². The van der Waals surface area contributed by atoms with E-state index in [-0.39, 0.29) is 35.3 Å². The molecule has 1 aliphatic heterocycles. The molecule has 0 radical (unpaired) electrons. The zero-order valence-electron chi connectivity index (χ0n) is 17.0. The number of hydrogen-bond acceptors (Lipinski definition) is 5. The average Bonchev–Trinajstić information content (AvgIpc) is 3.20. The molecule has 0 bridgehead atoms. The molecule has 0 saturated carbocycles. The molecule has 1 heterocycles. The van der Waals surface area contributed by atoms with Crippen LogP contribution in [0.1, 0.15) is 32.6 Å². The number of phenols is 2. The highest BCUT2D eigenvalue weighted by molar-refractivity contribution is 6.01. The summed E-state index contributed by atoms with van der Waals surface area (Å²) in [5.41, 5.74) is 4.52. The molecule has 6 nitrogen and oxygen atoms in total. The molecular formula is C24H24N2O4. The van der Waals surface area contributed by atoms with Crippen LogP contribution in [0.4, 0.5) is 5.69 Å². The molecule has 1 amide bonds. The summed E-state index contributed by atoms with van der Waals surface area (Å²) in [7, 11) is 1.85. The summed E-state index contributed by atoms with van der Waals surface area (Å²) in [5.74, 6) is -0.548. The van der Waals surface area contributed by atoms with Crippen LogP contribution in [-0.4, -0.2) is 28.1 Å². The van der Waals surface area contributed by atoms with E-state index in [4.69, 9.17) is 4.74 Å². The Kier molecular flexibility index (Phi) is 5.23. The van der Waals surface area contributed by atoms with Gasteiger partial charge in [-0.2, -0.15) is 0 Å². The van der Waals surface area contributed by atoms with Crippen molar-refractivity contribution in [3.63, 3.8) is 0 Å². The van der Waals surface area contributed by atoms with Crippen molar-refractivity contribution in [3.8, 4) is 17.2 Å². The maximum atomic E-state index is 13.4. The van der Waals surface area contributed by atoms with Crippen molar-refractivity contribution in [1.29, 1.82) is 0 Å². The normalized spacial score (nSPS) is 12.5. The lowest BCUT2D eigenvalue weighted by Gasteiger charge is -2.21. The third kappa shape index (κ3) is 3.52. The lowest BCUT2D eigenvalue weighted by Crippen LogP contribution is -2.26. The van der Waals surface area contributed by atoms with Crippen molar-refractivity contribution in [1.82, 2.24) is 4.90 Å². The predicted molar refractivity (Wildman–Crippen MR) is 115 cm³/mol. The van der Waals surface area contributed by atoms with Crippen LogP contribution in [0.25, 0.3) is 0 Å². The summed E-state index contributed by atoms with van der Waals surface area (Å²) in [6.07, 6.45) is 0. The van der Waals surface area contributed by atoms with E-state index in [2.05, 4.69) is 5.32 Å². The van der Waals surface area contributed by atoms with Crippen LogP contribution in [0, 0.1) is 6.92 Å². The molecule has 0 fully saturated rings. The summed E-state index contributed by atoms with van der Waals surface area (Å²) in [5, 5.41) is 23.9. The van der Waals surface area contributed by atoms with E-state index < -0.39 is 0 Å². The van der Waals surface area contributed by atoms with Gasteiger partial charge in [-0.25, -0.2) is 0 Å². The van der Waals surface area contributed by atoms with Crippen molar-refractivity contribution < 1.29 is 19.7 Å². The van der Waals surface area contributed by atoms with E-state index in [1.807, 2.05) is 55.6 Å². The van der Waals surface area contributed by atoms with Crippen LogP contribution in [-0.2, 0) is 19.7 Å². The number of nitrogens with one attached hydrogen (secondary N) is 1. The van der Waals surface area contributed by atoms with Crippen molar-refractivity contribution in [2.24, 2.45) is 0 Å². The Hall–Kier alpha value is -3.67. The average molecular weight is 404 g/mol. The molecule has 0 aliphatic carbocycles. The largest absolute Gasteiger partial charge is 0.507 e. The molecule has 0 aromatic heterocycles. The Morgan fingerprint density at radius 3 is 2.57 bits per heavy atom. The number of carbonyl (C=O) groups excluding carboxylic acids is 1. The van der Waals surface area contributed by atoms with Gasteiger partial charge in [-0.05, 0) is 29.7 Å². The summed E-state index contributed by atoms with van der Waals surface area (Å²) < 4.78 is 5.94. The minimum absolute atomic E-state index is 0.0695. The van der Waals surface area contributed by atoms with Crippen molar-refractivity contribution >= 4 is 11.6 Å². The van der Waals surface area contributed by atoms with Gasteiger partial charge in [0.25, 0.3) is 5.91 Å². The number of rotatable bonds is 5. The Morgan fingerprint density at radius 1 is 1.07 bits per heavy atom. The highest BCUT2D eigenvalue weighted by atomic mass is 16.5. The predicted octanol–water partition coefficient (Wildman–Crippen LogP) is 4.18. The highest BCUT2D eigenvalue weighted by Gasteiger charge is 2.31. The number of benzene rings is 3. The SMILES string of the molecule is CNc1cccc2c1CN(C(=O)c1c(O)cc(O)c(C)c1OCc1ccccc1)C2. The van der Waals surface area contributed by atoms with Crippen LogP contribution in [0.5, 0.6) is 17.2 Å². The van der Waals surface area contributed by atoms with E-state index >= 15 is 0 Å². The van der Waals surface area contributed by atoms with E-state index in [1.54, 1.807) is 11.8 Å². The second-order valence-corrected chi connectivity index (χ2v) is 7.37. The summed E-state index contributed by atoms with van der Waals surface area (Å²) >= 11 is 0. The molecule has 3 aromatic rings. The number of phenolic OH excluding ortho intramolecular Hbond substituents is 2. The van der Waals surface area contributed by atoms with Gasteiger partial charge >= 0.3 is 0 Å². The highest BCUT2D eigenvalue weighted by Crippen LogP contribution is 2.40. The molecule has 0 saturated heterocycles. The number of hydrogen-bond donors (Lipinski definition) is 3. The maximum Gasteiger partial charge on any atom is 0.262 e. The fourth-order valence-electron chi connectivity index (χ4n) is 3.80. The summed E-state index contributed by atoms with van der Waals surface area (Å²) in [4.78, 5) is 15.1. The van der Waals surface area contributed by atoms with E-state index in [1.165, 1.54) is 6.07 Å². The molecule has 154 valence electrons. The second-order valence-electron chi connectivity index (χ2n) is 7.37. The number of ether oxygens (including phenoxy) is 1. The van der Waals surface area contributed by atoms with Crippen molar-refractivity contribution in [3.05, 3.63) is 82.4 Å². The number of fused-ring (bicyclic) bond motifs is 1. The van der Waals surface area contributed by atoms with Crippen LogP contribution in [0.2, 0.25) is 0 Å². The molecule has 3 aromatic carbocycles. The van der Waals surface area contributed by atoms with Crippen LogP contribution < -0.4 is 10.1 Å². The molecule has 30 heavy (non-hydrogen) atoms. The monoisotopic (exact) mass is 404 g/mol. The number of aromatic hydroxyl groups is 2. The topological polar surface area (TPSA) is 82.0 Å². The van der Waals surface area contributed by atoms with E-state index in [0.29, 0.717) is 18.7 Å². The van der Waals surface area contributed by atoms with Crippen LogP contribution >= 0.6 is 0 Å². The number of amides is 1. The fraction of sp³-hybridized carbons (Fsp3) is 0.208. The van der Waals surface area contributed by atoms with Crippen molar-refractivity contribution in [2.45, 2.75) is 26.6 Å². The van der Waals surface area contributed by atoms with Gasteiger partial charge < -0.3 is 25.2 Å². The molecular weight excluding hydrogens is 380 g/mol. The van der Waals surface area contributed by atoms with Gasteiger partial charge in [-0.3, -0.25) is 4.79 Å². The Labute approximate surface area is 175 Å². The molecule has 1 aliphatic rings. The molecule has 0 spiro atoms. The zero-order valence-corrected chi connectivity index (χ0v) is 17.0. The zero-order chi connectivity index (χ0) is 21.3. The Morgan fingerprint density at radius 2 is 1.83 bits per heavy atom. The fourth-order valence-corrected chi connectivity index (χ4v) is 3.80. The first-order chi connectivity index (χ1) is 14.5. The quantitative estimate of drug-likeness (QED) is 0.594. The molecule has 4 rings (SSSR count). The third-order valence-electron chi connectivity index (χ3n) is 5.46.